The molecule has 4 heterocycles. The van der Waals surface area contributed by atoms with E-state index in [9.17, 15) is 10.1 Å². The van der Waals surface area contributed by atoms with Gasteiger partial charge in [0, 0.05) is 30.7 Å². The molecule has 0 unspecified atom stereocenters. The summed E-state index contributed by atoms with van der Waals surface area (Å²) < 4.78 is 3.46. The van der Waals surface area contributed by atoms with Crippen LogP contribution < -0.4 is 16.2 Å². The van der Waals surface area contributed by atoms with Gasteiger partial charge in [-0.15, -0.1) is 0 Å². The number of pyridine rings is 1. The maximum atomic E-state index is 13.3. The highest BCUT2D eigenvalue weighted by Gasteiger charge is 2.24. The van der Waals surface area contributed by atoms with Gasteiger partial charge in [0.15, 0.2) is 5.65 Å². The van der Waals surface area contributed by atoms with E-state index in [1.165, 1.54) is 11.1 Å². The first-order valence-electron chi connectivity index (χ1n) is 11.8. The number of aromatic nitrogens is 5. The second-order valence-electron chi connectivity index (χ2n) is 9.66. The number of benzene rings is 1. The topological polar surface area (TPSA) is 113 Å². The Morgan fingerprint density at radius 1 is 1.17 bits per heavy atom. The molecule has 0 radical (unpaired) electrons. The Bertz CT molecular complexity index is 1520. The molecular weight excluding hydrogens is 440 g/mol. The summed E-state index contributed by atoms with van der Waals surface area (Å²) in [6, 6.07) is 12.1. The molecule has 1 aromatic carbocycles. The van der Waals surface area contributed by atoms with Gasteiger partial charge >= 0.3 is 0 Å². The summed E-state index contributed by atoms with van der Waals surface area (Å²) in [4.78, 5) is 26.9. The molecule has 5 rings (SSSR count). The lowest BCUT2D eigenvalue weighted by Crippen LogP contribution is -2.24. The van der Waals surface area contributed by atoms with Crippen LogP contribution in [-0.4, -0.2) is 30.9 Å². The zero-order valence-corrected chi connectivity index (χ0v) is 20.3. The second-order valence-corrected chi connectivity index (χ2v) is 9.66. The van der Waals surface area contributed by atoms with Crippen molar-refractivity contribution < 1.29 is 0 Å². The molecular formula is C26H28N8O. The summed E-state index contributed by atoms with van der Waals surface area (Å²) in [6.07, 6.45) is 4.21. The van der Waals surface area contributed by atoms with Crippen molar-refractivity contribution in [3.8, 4) is 11.8 Å². The summed E-state index contributed by atoms with van der Waals surface area (Å²) >= 11 is 0. The fourth-order valence-electron chi connectivity index (χ4n) is 4.41. The van der Waals surface area contributed by atoms with Gasteiger partial charge in [-0.05, 0) is 76.1 Å². The minimum Gasteiger partial charge on any atom is -0.324 e. The highest BCUT2D eigenvalue weighted by molar-refractivity contribution is 5.77. The fourth-order valence-corrected chi connectivity index (χ4v) is 4.41. The van der Waals surface area contributed by atoms with Crippen molar-refractivity contribution >= 4 is 22.7 Å². The lowest BCUT2D eigenvalue weighted by Gasteiger charge is -2.19. The Labute approximate surface area is 203 Å². The van der Waals surface area contributed by atoms with E-state index in [4.69, 9.17) is 4.98 Å². The van der Waals surface area contributed by atoms with Crippen LogP contribution in [0.3, 0.4) is 0 Å². The monoisotopic (exact) mass is 468 g/mol. The first-order chi connectivity index (χ1) is 16.8. The maximum absolute atomic E-state index is 13.3. The smallest absolute Gasteiger partial charge is 0.278 e. The van der Waals surface area contributed by atoms with E-state index in [-0.39, 0.29) is 11.6 Å². The molecule has 0 amide bonds. The molecule has 0 bridgehead atoms. The molecule has 0 saturated carbocycles. The Morgan fingerprint density at radius 3 is 2.77 bits per heavy atom. The van der Waals surface area contributed by atoms with Gasteiger partial charge in [-0.2, -0.15) is 10.2 Å². The van der Waals surface area contributed by atoms with E-state index in [2.05, 4.69) is 38.8 Å². The Balaban J connectivity index is 1.63. The Kier molecular flexibility index (Phi) is 5.61. The average Bonchev–Trinajstić information content (AvgIpc) is 3.16. The summed E-state index contributed by atoms with van der Waals surface area (Å²) in [7, 11) is 0. The number of nitrogens with one attached hydrogen (secondary N) is 2. The van der Waals surface area contributed by atoms with Crippen molar-refractivity contribution in [2.75, 3.05) is 11.9 Å². The van der Waals surface area contributed by atoms with Gasteiger partial charge in [-0.3, -0.25) is 9.78 Å². The molecule has 9 nitrogen and oxygen atoms in total. The molecule has 0 spiro atoms. The number of hydrogen-bond donors (Lipinski definition) is 2. The van der Waals surface area contributed by atoms with Crippen LogP contribution in [-0.2, 0) is 18.4 Å². The zero-order chi connectivity index (χ0) is 24.7. The number of rotatable bonds is 5. The van der Waals surface area contributed by atoms with E-state index in [1.807, 2.05) is 45.9 Å². The number of nitriles is 1. The van der Waals surface area contributed by atoms with Gasteiger partial charge in [-0.1, -0.05) is 6.07 Å². The molecule has 2 N–H and O–H groups in total. The zero-order valence-electron chi connectivity index (χ0n) is 20.3. The quantitative estimate of drug-likeness (QED) is 0.459. The lowest BCUT2D eigenvalue weighted by molar-refractivity contribution is 0.475. The summed E-state index contributed by atoms with van der Waals surface area (Å²) in [5.74, 6) is 0.410. The van der Waals surface area contributed by atoms with Crippen LogP contribution in [0.15, 0.2) is 47.5 Å². The third-order valence-electron chi connectivity index (χ3n) is 6.37. The molecule has 178 valence electrons. The second kappa shape index (κ2) is 8.64. The number of anilines is 2. The van der Waals surface area contributed by atoms with Crippen molar-refractivity contribution in [2.45, 2.75) is 52.1 Å². The SMILES string of the molecule is CC(C)n1c(=O)c2cnc(Nc3ccc4c(c3)CCNC4)nc2n1-c1ccnc(C(C)(C)C#N)c1. The number of fused-ring (bicyclic) bond motifs is 2. The standard InChI is InChI=1S/C26H28N8O/c1-16(2)33-24(35)21-14-30-25(31-19-6-5-18-13-28-9-7-17(18)11-19)32-23(21)34(33)20-8-10-29-22(12-20)26(3,4)15-27/h5-6,8,10-12,14,16,28H,7,9,13H2,1-4H3,(H,30,31,32). The third-order valence-corrected chi connectivity index (χ3v) is 6.37. The van der Waals surface area contributed by atoms with Crippen LogP contribution in [0.4, 0.5) is 11.6 Å². The van der Waals surface area contributed by atoms with Crippen molar-refractivity contribution in [3.63, 3.8) is 0 Å². The van der Waals surface area contributed by atoms with Crippen LogP contribution in [0.5, 0.6) is 0 Å². The van der Waals surface area contributed by atoms with Gasteiger partial charge < -0.3 is 10.6 Å². The van der Waals surface area contributed by atoms with E-state index in [1.54, 1.807) is 21.8 Å². The molecule has 0 atom stereocenters. The molecule has 0 aliphatic carbocycles. The van der Waals surface area contributed by atoms with Crippen LogP contribution >= 0.6 is 0 Å². The van der Waals surface area contributed by atoms with Crippen molar-refractivity contribution in [2.24, 2.45) is 0 Å². The highest BCUT2D eigenvalue weighted by atomic mass is 16.1. The van der Waals surface area contributed by atoms with Crippen LogP contribution in [0.25, 0.3) is 16.7 Å². The summed E-state index contributed by atoms with van der Waals surface area (Å²) in [5.41, 5.74) is 4.41. The molecule has 1 aliphatic heterocycles. The molecule has 3 aromatic heterocycles. The molecule has 0 saturated heterocycles. The van der Waals surface area contributed by atoms with Crippen molar-refractivity contribution in [1.82, 2.24) is 29.6 Å². The number of nitrogens with zero attached hydrogens (tertiary/aromatic N) is 6. The van der Waals surface area contributed by atoms with Gasteiger partial charge in [0.1, 0.15) is 5.39 Å². The van der Waals surface area contributed by atoms with Crippen molar-refractivity contribution in [1.29, 1.82) is 5.26 Å². The van der Waals surface area contributed by atoms with E-state index in [0.717, 1.165) is 25.2 Å². The van der Waals surface area contributed by atoms with Gasteiger partial charge in [0.05, 0.1) is 22.9 Å². The minimum absolute atomic E-state index is 0.122. The molecule has 35 heavy (non-hydrogen) atoms. The third kappa shape index (κ3) is 4.06. The summed E-state index contributed by atoms with van der Waals surface area (Å²) in [6.45, 7) is 9.38. The molecule has 4 aromatic rings. The minimum atomic E-state index is -0.772. The first kappa shape index (κ1) is 22.7. The van der Waals surface area contributed by atoms with Crippen molar-refractivity contribution in [3.05, 3.63) is 69.9 Å². The van der Waals surface area contributed by atoms with E-state index >= 15 is 0 Å². The number of hydrogen-bond acceptors (Lipinski definition) is 7. The average molecular weight is 469 g/mol. The predicted octanol–water partition coefficient (Wildman–Crippen LogP) is 3.75. The fraction of sp³-hybridized carbons (Fsp3) is 0.346. The highest BCUT2D eigenvalue weighted by Crippen LogP contribution is 2.26. The Morgan fingerprint density at radius 2 is 2.00 bits per heavy atom. The molecule has 0 fully saturated rings. The lowest BCUT2D eigenvalue weighted by atomic mass is 9.91. The molecule has 1 aliphatic rings. The Hall–Kier alpha value is -4.03. The van der Waals surface area contributed by atoms with Gasteiger partial charge in [0.2, 0.25) is 5.95 Å². The predicted molar refractivity (Wildman–Crippen MR) is 135 cm³/mol. The van der Waals surface area contributed by atoms with Gasteiger partial charge in [-0.25, -0.2) is 14.3 Å². The normalized spacial score (nSPS) is 13.6. The van der Waals surface area contributed by atoms with E-state index < -0.39 is 5.41 Å². The maximum Gasteiger partial charge on any atom is 0.278 e. The van der Waals surface area contributed by atoms with Gasteiger partial charge in [0.25, 0.3) is 5.56 Å². The van der Waals surface area contributed by atoms with Crippen LogP contribution in [0.2, 0.25) is 0 Å². The van der Waals surface area contributed by atoms with Crippen LogP contribution in [0, 0.1) is 11.3 Å². The summed E-state index contributed by atoms with van der Waals surface area (Å²) in [5, 5.41) is 16.7. The van der Waals surface area contributed by atoms with Crippen LogP contribution in [0.1, 0.15) is 50.6 Å². The molecule has 9 heteroatoms. The van der Waals surface area contributed by atoms with E-state index in [0.29, 0.717) is 28.4 Å². The largest absolute Gasteiger partial charge is 0.324 e. The first-order valence-corrected chi connectivity index (χ1v) is 11.8.